The molecule has 0 aromatic heterocycles. The highest BCUT2D eigenvalue weighted by Gasteiger charge is 2.06. The van der Waals surface area contributed by atoms with E-state index in [-0.39, 0.29) is 10.6 Å². The van der Waals surface area contributed by atoms with Crippen LogP contribution in [0.2, 0.25) is 0 Å². The molecule has 2 aromatic carbocycles. The zero-order chi connectivity index (χ0) is 21.6. The minimum atomic E-state index is -0.373. The number of rotatable bonds is 14. The molecule has 0 spiro atoms. The van der Waals surface area contributed by atoms with E-state index in [2.05, 4.69) is 49.1 Å². The molecule has 0 N–H and O–H groups in total. The smallest absolute Gasteiger partial charge is 0.269 e. The molecule has 0 aliphatic heterocycles. The normalized spacial score (nSPS) is 11.1. The maximum Gasteiger partial charge on any atom is 0.269 e. The first kappa shape index (κ1) is 23.7. The predicted octanol–water partition coefficient (Wildman–Crippen LogP) is 7.73. The Morgan fingerprint density at radius 3 is 1.63 bits per heavy atom. The Balaban J connectivity index is 1.98. The van der Waals surface area contributed by atoms with Gasteiger partial charge in [-0.3, -0.25) is 10.1 Å². The minimum Gasteiger partial charge on any atom is -0.372 e. The van der Waals surface area contributed by atoms with Gasteiger partial charge in [0, 0.05) is 30.9 Å². The third-order valence-electron chi connectivity index (χ3n) is 5.39. The molecule has 0 radical (unpaired) electrons. The van der Waals surface area contributed by atoms with Crippen LogP contribution in [-0.4, -0.2) is 18.0 Å². The molecule has 2 rings (SSSR count). The number of anilines is 1. The highest BCUT2D eigenvalue weighted by atomic mass is 16.6. The summed E-state index contributed by atoms with van der Waals surface area (Å²) in [7, 11) is 0. The molecule has 0 amide bonds. The lowest BCUT2D eigenvalue weighted by Gasteiger charge is -2.25. The molecular formula is C26H36N2O2. The fourth-order valence-electron chi connectivity index (χ4n) is 3.52. The number of unbranched alkanes of at least 4 members (excludes halogenated alkanes) is 6. The van der Waals surface area contributed by atoms with E-state index in [1.807, 2.05) is 6.08 Å². The van der Waals surface area contributed by atoms with Crippen LogP contribution < -0.4 is 4.90 Å². The first-order valence-electron chi connectivity index (χ1n) is 11.4. The third kappa shape index (κ3) is 8.40. The summed E-state index contributed by atoms with van der Waals surface area (Å²) in [4.78, 5) is 12.9. The summed E-state index contributed by atoms with van der Waals surface area (Å²) in [6, 6.07) is 15.4. The van der Waals surface area contributed by atoms with Crippen molar-refractivity contribution in [3.63, 3.8) is 0 Å². The van der Waals surface area contributed by atoms with Crippen LogP contribution in [0.1, 0.15) is 76.3 Å². The average Bonchev–Trinajstić information content (AvgIpc) is 2.77. The van der Waals surface area contributed by atoms with Gasteiger partial charge in [0.05, 0.1) is 4.92 Å². The van der Waals surface area contributed by atoms with Crippen molar-refractivity contribution in [3.8, 4) is 0 Å². The highest BCUT2D eigenvalue weighted by Crippen LogP contribution is 2.20. The summed E-state index contributed by atoms with van der Waals surface area (Å²) < 4.78 is 0. The maximum absolute atomic E-state index is 10.8. The van der Waals surface area contributed by atoms with E-state index in [0.29, 0.717) is 0 Å². The molecule has 0 fully saturated rings. The molecule has 4 nitrogen and oxygen atoms in total. The van der Waals surface area contributed by atoms with Gasteiger partial charge >= 0.3 is 0 Å². The van der Waals surface area contributed by atoms with Gasteiger partial charge < -0.3 is 4.90 Å². The van der Waals surface area contributed by atoms with Crippen LogP contribution in [0.3, 0.4) is 0 Å². The molecule has 30 heavy (non-hydrogen) atoms. The van der Waals surface area contributed by atoms with Crippen LogP contribution in [-0.2, 0) is 0 Å². The second-order valence-electron chi connectivity index (χ2n) is 7.88. The average molecular weight is 409 g/mol. The SMILES string of the molecule is CCCCCCN(CCCCCC)c1ccc(C=Cc2ccc([N+](=O)[O-])cc2)cc1. The molecule has 0 unspecified atom stereocenters. The van der Waals surface area contributed by atoms with Crippen LogP contribution in [0.4, 0.5) is 11.4 Å². The van der Waals surface area contributed by atoms with Crippen molar-refractivity contribution in [3.05, 3.63) is 69.8 Å². The van der Waals surface area contributed by atoms with Gasteiger partial charge in [0.25, 0.3) is 5.69 Å². The molecule has 0 heterocycles. The van der Waals surface area contributed by atoms with Crippen molar-refractivity contribution in [1.82, 2.24) is 0 Å². The molecule has 0 saturated heterocycles. The van der Waals surface area contributed by atoms with Crippen LogP contribution in [0.25, 0.3) is 12.2 Å². The van der Waals surface area contributed by atoms with Gasteiger partial charge in [0.1, 0.15) is 0 Å². The number of nitro groups is 1. The van der Waals surface area contributed by atoms with Crippen molar-refractivity contribution >= 4 is 23.5 Å². The van der Waals surface area contributed by atoms with Crippen molar-refractivity contribution in [1.29, 1.82) is 0 Å². The summed E-state index contributed by atoms with van der Waals surface area (Å²) in [6.07, 6.45) is 14.3. The molecule has 0 atom stereocenters. The van der Waals surface area contributed by atoms with E-state index in [1.165, 1.54) is 69.2 Å². The first-order chi connectivity index (χ1) is 14.6. The Labute approximate surface area is 181 Å². The zero-order valence-electron chi connectivity index (χ0n) is 18.6. The summed E-state index contributed by atoms with van der Waals surface area (Å²) in [6.45, 7) is 6.77. The minimum absolute atomic E-state index is 0.120. The summed E-state index contributed by atoms with van der Waals surface area (Å²) >= 11 is 0. The quantitative estimate of drug-likeness (QED) is 0.139. The van der Waals surface area contributed by atoms with E-state index in [0.717, 1.165) is 24.2 Å². The van der Waals surface area contributed by atoms with Gasteiger partial charge in [-0.05, 0) is 48.2 Å². The van der Waals surface area contributed by atoms with Gasteiger partial charge in [0.2, 0.25) is 0 Å². The molecule has 0 aliphatic rings. The topological polar surface area (TPSA) is 46.4 Å². The lowest BCUT2D eigenvalue weighted by atomic mass is 10.1. The summed E-state index contributed by atoms with van der Waals surface area (Å²) in [5, 5.41) is 10.8. The molecule has 2 aromatic rings. The first-order valence-corrected chi connectivity index (χ1v) is 11.4. The van der Waals surface area contributed by atoms with Gasteiger partial charge in [0.15, 0.2) is 0 Å². The Morgan fingerprint density at radius 2 is 1.20 bits per heavy atom. The van der Waals surface area contributed by atoms with Crippen molar-refractivity contribution in [2.24, 2.45) is 0 Å². The number of nitrogens with zero attached hydrogens (tertiary/aromatic N) is 2. The van der Waals surface area contributed by atoms with E-state index >= 15 is 0 Å². The molecule has 162 valence electrons. The summed E-state index contributed by atoms with van der Waals surface area (Å²) in [5.41, 5.74) is 3.51. The molecule has 0 aliphatic carbocycles. The third-order valence-corrected chi connectivity index (χ3v) is 5.39. The van der Waals surface area contributed by atoms with Crippen molar-refractivity contribution < 1.29 is 4.92 Å². The number of nitro benzene ring substituents is 1. The number of hydrogen-bond donors (Lipinski definition) is 0. The van der Waals surface area contributed by atoms with Crippen LogP contribution in [0.5, 0.6) is 0 Å². The van der Waals surface area contributed by atoms with E-state index in [1.54, 1.807) is 12.1 Å². The van der Waals surface area contributed by atoms with Crippen molar-refractivity contribution in [2.45, 2.75) is 65.2 Å². The Bertz CT molecular complexity index is 755. The second kappa shape index (κ2) is 13.6. The molecular weight excluding hydrogens is 372 g/mol. The number of non-ortho nitro benzene ring substituents is 1. The molecule has 0 bridgehead atoms. The maximum atomic E-state index is 10.8. The van der Waals surface area contributed by atoms with Gasteiger partial charge in [-0.1, -0.05) is 76.7 Å². The second-order valence-corrected chi connectivity index (χ2v) is 7.88. The standard InChI is InChI=1S/C26H36N2O2/c1-3-5-7-9-21-27(22-10-8-6-4-2)25-17-13-23(14-18-25)11-12-24-15-19-26(20-16-24)28(29)30/h11-20H,3-10,21-22H2,1-2H3. The van der Waals surface area contributed by atoms with Crippen LogP contribution >= 0.6 is 0 Å². The van der Waals surface area contributed by atoms with Gasteiger partial charge in [-0.2, -0.15) is 0 Å². The van der Waals surface area contributed by atoms with E-state index in [4.69, 9.17) is 0 Å². The Kier molecular flexibility index (Phi) is 10.7. The van der Waals surface area contributed by atoms with Crippen LogP contribution in [0, 0.1) is 10.1 Å². The highest BCUT2D eigenvalue weighted by molar-refractivity contribution is 5.71. The van der Waals surface area contributed by atoms with Gasteiger partial charge in [-0.15, -0.1) is 0 Å². The lowest BCUT2D eigenvalue weighted by molar-refractivity contribution is -0.384. The largest absolute Gasteiger partial charge is 0.372 e. The predicted molar refractivity (Wildman–Crippen MR) is 129 cm³/mol. The van der Waals surface area contributed by atoms with E-state index in [9.17, 15) is 10.1 Å². The fourth-order valence-corrected chi connectivity index (χ4v) is 3.52. The molecule has 0 saturated carbocycles. The Morgan fingerprint density at radius 1 is 0.733 bits per heavy atom. The monoisotopic (exact) mass is 408 g/mol. The van der Waals surface area contributed by atoms with Crippen LogP contribution in [0.15, 0.2) is 48.5 Å². The van der Waals surface area contributed by atoms with Crippen molar-refractivity contribution in [2.75, 3.05) is 18.0 Å². The fraction of sp³-hybridized carbons (Fsp3) is 0.462. The number of hydrogen-bond acceptors (Lipinski definition) is 3. The number of benzene rings is 2. The molecule has 4 heteroatoms. The Hall–Kier alpha value is -2.62. The summed E-state index contributed by atoms with van der Waals surface area (Å²) in [5.74, 6) is 0. The van der Waals surface area contributed by atoms with Gasteiger partial charge in [-0.25, -0.2) is 0 Å². The zero-order valence-corrected chi connectivity index (χ0v) is 18.6. The lowest BCUT2D eigenvalue weighted by Crippen LogP contribution is -2.25. The van der Waals surface area contributed by atoms with E-state index < -0.39 is 0 Å².